The van der Waals surface area contributed by atoms with Crippen molar-refractivity contribution in [2.24, 2.45) is 0 Å². The number of likely N-dealkylation sites (tertiary alicyclic amines) is 1. The van der Waals surface area contributed by atoms with Crippen LogP contribution in [-0.2, 0) is 6.18 Å². The molecule has 0 unspecified atom stereocenters. The topological polar surface area (TPSA) is 72.6 Å². The number of para-hydroxylation sites is 1. The number of fused-ring (bicyclic) bond motifs is 1. The van der Waals surface area contributed by atoms with Crippen molar-refractivity contribution >= 4 is 16.9 Å². The molecule has 9 heteroatoms. The molecule has 1 amide bonds. The highest BCUT2D eigenvalue weighted by Crippen LogP contribution is 2.31. The molecule has 6 nitrogen and oxygen atoms in total. The molecule has 0 bridgehead atoms. The van der Waals surface area contributed by atoms with Crippen molar-refractivity contribution in [1.82, 2.24) is 9.88 Å². The number of nitrogens with zero attached hydrogens (tertiary/aromatic N) is 2. The van der Waals surface area contributed by atoms with Crippen molar-refractivity contribution in [2.45, 2.75) is 12.3 Å². The Bertz CT molecular complexity index is 1100. The van der Waals surface area contributed by atoms with Crippen LogP contribution in [0.1, 0.15) is 15.9 Å². The van der Waals surface area contributed by atoms with Crippen LogP contribution >= 0.6 is 0 Å². The molecule has 2 aromatic heterocycles. The van der Waals surface area contributed by atoms with Gasteiger partial charge in [-0.3, -0.25) is 4.79 Å². The predicted octanol–water partition coefficient (Wildman–Crippen LogP) is 3.11. The van der Waals surface area contributed by atoms with Crippen LogP contribution < -0.4 is 10.4 Å². The molecule has 1 fully saturated rings. The summed E-state index contributed by atoms with van der Waals surface area (Å²) in [6.07, 6.45) is -3.99. The lowest BCUT2D eigenvalue weighted by molar-refractivity contribution is -0.137. The minimum absolute atomic E-state index is 0.102. The summed E-state index contributed by atoms with van der Waals surface area (Å²) in [5.41, 5.74) is -1.33. The summed E-state index contributed by atoms with van der Waals surface area (Å²) in [7, 11) is 0. The standard InChI is InChI=1S/C19H13F3N2O4/c20-19(21,22)12-5-6-23-16(8-12)27-13-9-24(10-13)17(25)14-7-11-3-1-2-4-15(11)28-18(14)26/h1-8,13H,9-10H2. The first kappa shape index (κ1) is 18.0. The summed E-state index contributed by atoms with van der Waals surface area (Å²) in [6, 6.07) is 9.94. The lowest BCUT2D eigenvalue weighted by atomic mass is 10.1. The first-order valence-electron chi connectivity index (χ1n) is 8.33. The highest BCUT2D eigenvalue weighted by atomic mass is 19.4. The molecule has 0 radical (unpaired) electrons. The highest BCUT2D eigenvalue weighted by Gasteiger charge is 2.35. The van der Waals surface area contributed by atoms with E-state index in [4.69, 9.17) is 9.15 Å². The van der Waals surface area contributed by atoms with Crippen LogP contribution in [0, 0.1) is 0 Å². The second-order valence-corrected chi connectivity index (χ2v) is 6.32. The number of benzene rings is 1. The van der Waals surface area contributed by atoms with Crippen molar-refractivity contribution < 1.29 is 27.1 Å². The van der Waals surface area contributed by atoms with E-state index in [1.165, 1.54) is 11.0 Å². The second-order valence-electron chi connectivity index (χ2n) is 6.32. The first-order valence-corrected chi connectivity index (χ1v) is 8.33. The van der Waals surface area contributed by atoms with E-state index in [-0.39, 0.29) is 24.5 Å². The Kier molecular flexibility index (Phi) is 4.29. The largest absolute Gasteiger partial charge is 0.471 e. The van der Waals surface area contributed by atoms with Gasteiger partial charge in [0.15, 0.2) is 0 Å². The summed E-state index contributed by atoms with van der Waals surface area (Å²) >= 11 is 0. The van der Waals surface area contributed by atoms with Gasteiger partial charge in [0.05, 0.1) is 18.7 Å². The van der Waals surface area contributed by atoms with Gasteiger partial charge in [0.1, 0.15) is 17.3 Å². The zero-order valence-electron chi connectivity index (χ0n) is 14.3. The molecule has 4 rings (SSSR count). The fourth-order valence-corrected chi connectivity index (χ4v) is 2.88. The van der Waals surface area contributed by atoms with Crippen LogP contribution in [0.25, 0.3) is 11.0 Å². The second kappa shape index (κ2) is 6.66. The molecule has 1 aliphatic rings. The summed E-state index contributed by atoms with van der Waals surface area (Å²) in [5, 5.41) is 0.618. The van der Waals surface area contributed by atoms with Crippen molar-refractivity contribution in [3.05, 3.63) is 70.2 Å². The molecule has 3 heterocycles. The maximum Gasteiger partial charge on any atom is 0.416 e. The van der Waals surface area contributed by atoms with E-state index in [0.717, 1.165) is 18.3 Å². The third kappa shape index (κ3) is 3.42. The van der Waals surface area contributed by atoms with Crippen molar-refractivity contribution in [3.8, 4) is 5.88 Å². The number of hydrogen-bond donors (Lipinski definition) is 0. The maximum atomic E-state index is 12.7. The normalized spacial score (nSPS) is 14.8. The number of carbonyl (C=O) groups excluding carboxylic acids is 1. The molecule has 0 aliphatic carbocycles. The highest BCUT2D eigenvalue weighted by molar-refractivity contribution is 5.97. The average molecular weight is 390 g/mol. The van der Waals surface area contributed by atoms with Gasteiger partial charge >= 0.3 is 11.8 Å². The molecule has 1 aromatic carbocycles. The third-order valence-electron chi connectivity index (χ3n) is 4.36. The van der Waals surface area contributed by atoms with Gasteiger partial charge < -0.3 is 14.1 Å². The predicted molar refractivity (Wildman–Crippen MR) is 92.0 cm³/mol. The number of halogens is 3. The van der Waals surface area contributed by atoms with E-state index in [1.807, 2.05) is 0 Å². The van der Waals surface area contributed by atoms with Crippen LogP contribution in [0.4, 0.5) is 13.2 Å². The van der Waals surface area contributed by atoms with Crippen molar-refractivity contribution in [2.75, 3.05) is 13.1 Å². The minimum Gasteiger partial charge on any atom is -0.471 e. The Morgan fingerprint density at radius 1 is 1.18 bits per heavy atom. The number of pyridine rings is 1. The van der Waals surface area contributed by atoms with E-state index in [2.05, 4.69) is 4.98 Å². The van der Waals surface area contributed by atoms with Crippen LogP contribution in [0.15, 0.2) is 57.9 Å². The average Bonchev–Trinajstić information content (AvgIpc) is 2.63. The number of aromatic nitrogens is 1. The van der Waals surface area contributed by atoms with Crippen LogP contribution in [0.2, 0.25) is 0 Å². The zero-order valence-corrected chi connectivity index (χ0v) is 14.3. The number of carbonyl (C=O) groups is 1. The number of rotatable bonds is 3. The van der Waals surface area contributed by atoms with Gasteiger partial charge in [0, 0.05) is 17.6 Å². The Labute approximate surface area is 156 Å². The smallest absolute Gasteiger partial charge is 0.416 e. The fourth-order valence-electron chi connectivity index (χ4n) is 2.88. The number of amides is 1. The molecule has 0 atom stereocenters. The van der Waals surface area contributed by atoms with Crippen molar-refractivity contribution in [3.63, 3.8) is 0 Å². The van der Waals surface area contributed by atoms with Crippen LogP contribution in [0.3, 0.4) is 0 Å². The Balaban J connectivity index is 1.44. The zero-order chi connectivity index (χ0) is 19.9. The van der Waals surface area contributed by atoms with Gasteiger partial charge in [-0.2, -0.15) is 13.2 Å². The first-order chi connectivity index (χ1) is 13.3. The van der Waals surface area contributed by atoms with Crippen LogP contribution in [0.5, 0.6) is 5.88 Å². The molecule has 144 valence electrons. The SMILES string of the molecule is O=C(c1cc2ccccc2oc1=O)N1CC(Oc2cc(C(F)(F)F)ccn2)C1. The Morgan fingerprint density at radius 2 is 1.93 bits per heavy atom. The lowest BCUT2D eigenvalue weighted by Gasteiger charge is -2.38. The van der Waals surface area contributed by atoms with E-state index < -0.39 is 29.4 Å². The quantitative estimate of drug-likeness (QED) is 0.643. The molecular weight excluding hydrogens is 377 g/mol. The number of hydrogen-bond acceptors (Lipinski definition) is 5. The van der Waals surface area contributed by atoms with Crippen LogP contribution in [-0.4, -0.2) is 35.0 Å². The van der Waals surface area contributed by atoms with E-state index in [9.17, 15) is 22.8 Å². The van der Waals surface area contributed by atoms with Gasteiger partial charge in [-0.25, -0.2) is 9.78 Å². The van der Waals surface area contributed by atoms with Gasteiger partial charge in [-0.15, -0.1) is 0 Å². The van der Waals surface area contributed by atoms with Gasteiger partial charge in [-0.1, -0.05) is 18.2 Å². The summed E-state index contributed by atoms with van der Waals surface area (Å²) in [6.45, 7) is 0.256. The summed E-state index contributed by atoms with van der Waals surface area (Å²) in [5.74, 6) is -0.687. The molecule has 1 aliphatic heterocycles. The summed E-state index contributed by atoms with van der Waals surface area (Å²) in [4.78, 5) is 29.7. The van der Waals surface area contributed by atoms with E-state index >= 15 is 0 Å². The maximum absolute atomic E-state index is 12.7. The van der Waals surface area contributed by atoms with Crippen molar-refractivity contribution in [1.29, 1.82) is 0 Å². The summed E-state index contributed by atoms with van der Waals surface area (Å²) < 4.78 is 48.7. The van der Waals surface area contributed by atoms with Gasteiger partial charge in [-0.05, 0) is 18.2 Å². The molecule has 1 saturated heterocycles. The third-order valence-corrected chi connectivity index (χ3v) is 4.36. The van der Waals surface area contributed by atoms with Gasteiger partial charge in [0.25, 0.3) is 5.91 Å². The fraction of sp³-hybridized carbons (Fsp3) is 0.211. The molecule has 0 saturated carbocycles. The van der Waals surface area contributed by atoms with E-state index in [0.29, 0.717) is 11.0 Å². The molecule has 3 aromatic rings. The monoisotopic (exact) mass is 390 g/mol. The van der Waals surface area contributed by atoms with E-state index in [1.54, 1.807) is 24.3 Å². The number of ether oxygens (including phenoxy) is 1. The minimum atomic E-state index is -4.49. The molecule has 0 spiro atoms. The Hall–Kier alpha value is -3.36. The molecule has 28 heavy (non-hydrogen) atoms. The Morgan fingerprint density at radius 3 is 2.68 bits per heavy atom. The lowest BCUT2D eigenvalue weighted by Crippen LogP contribution is -2.56. The molecular formula is C19H13F3N2O4. The van der Waals surface area contributed by atoms with Gasteiger partial charge in [0.2, 0.25) is 5.88 Å². The molecule has 0 N–H and O–H groups in total. The number of alkyl halides is 3.